The molecule has 0 aliphatic rings. The molecule has 88 valence electrons. The molecule has 4 heteroatoms. The lowest BCUT2D eigenvalue weighted by molar-refractivity contribution is -0.133. The van der Waals surface area contributed by atoms with Gasteiger partial charge >= 0.3 is 0 Å². The summed E-state index contributed by atoms with van der Waals surface area (Å²) < 4.78 is 0. The van der Waals surface area contributed by atoms with Crippen LogP contribution in [-0.2, 0) is 11.3 Å². The third kappa shape index (κ3) is 3.31. The van der Waals surface area contributed by atoms with Gasteiger partial charge in [-0.2, -0.15) is 0 Å². The Labute approximate surface area is 96.5 Å². The molecule has 0 spiro atoms. The largest absolute Gasteiger partial charge is 0.337 e. The topological polar surface area (TPSA) is 59.2 Å². The van der Waals surface area contributed by atoms with Crippen LogP contribution in [-0.4, -0.2) is 28.4 Å². The fourth-order valence-electron chi connectivity index (χ4n) is 1.46. The first kappa shape index (κ1) is 12.6. The zero-order chi connectivity index (χ0) is 12.0. The zero-order valence-corrected chi connectivity index (χ0v) is 9.89. The van der Waals surface area contributed by atoms with Crippen LogP contribution in [0.3, 0.4) is 0 Å². The molecule has 0 bridgehead atoms. The Bertz CT molecular complexity index is 326. The number of carbonyl (C=O) groups excluding carboxylic acids is 1. The van der Waals surface area contributed by atoms with Crippen molar-refractivity contribution in [3.05, 3.63) is 30.1 Å². The molecule has 0 radical (unpaired) electrons. The molecular formula is C12H19N3O. The monoisotopic (exact) mass is 221 g/mol. The van der Waals surface area contributed by atoms with Gasteiger partial charge in [0, 0.05) is 25.5 Å². The van der Waals surface area contributed by atoms with E-state index in [4.69, 9.17) is 5.73 Å². The summed E-state index contributed by atoms with van der Waals surface area (Å²) in [6.07, 6.45) is 4.13. The molecule has 1 aromatic rings. The maximum absolute atomic E-state index is 11.9. The molecule has 1 atom stereocenters. The van der Waals surface area contributed by atoms with Gasteiger partial charge in [-0.05, 0) is 31.0 Å². The number of carbonyl (C=O) groups is 1. The summed E-state index contributed by atoms with van der Waals surface area (Å²) >= 11 is 0. The summed E-state index contributed by atoms with van der Waals surface area (Å²) in [6.45, 7) is 5.16. The number of rotatable bonds is 5. The van der Waals surface area contributed by atoms with Gasteiger partial charge in [-0.3, -0.25) is 9.78 Å². The van der Waals surface area contributed by atoms with Crippen LogP contribution >= 0.6 is 0 Å². The van der Waals surface area contributed by atoms with Crippen LogP contribution in [0.5, 0.6) is 0 Å². The molecule has 0 saturated carbocycles. The second-order valence-corrected chi connectivity index (χ2v) is 3.72. The van der Waals surface area contributed by atoms with Gasteiger partial charge in [-0.25, -0.2) is 0 Å². The van der Waals surface area contributed by atoms with Crippen LogP contribution in [0, 0.1) is 0 Å². The molecule has 0 aliphatic heterocycles. The Kier molecular flexibility index (Phi) is 4.92. The van der Waals surface area contributed by atoms with Crippen molar-refractivity contribution in [1.82, 2.24) is 9.88 Å². The quantitative estimate of drug-likeness (QED) is 0.812. The fourth-order valence-corrected chi connectivity index (χ4v) is 1.46. The Morgan fingerprint density at radius 3 is 2.56 bits per heavy atom. The maximum Gasteiger partial charge on any atom is 0.239 e. The molecule has 4 nitrogen and oxygen atoms in total. The average molecular weight is 221 g/mol. The van der Waals surface area contributed by atoms with E-state index < -0.39 is 0 Å². The number of nitrogens with two attached hydrogens (primary N) is 1. The lowest BCUT2D eigenvalue weighted by Crippen LogP contribution is -2.42. The minimum absolute atomic E-state index is 0.0156. The molecule has 1 aromatic heterocycles. The van der Waals surface area contributed by atoms with Crippen LogP contribution in [0.4, 0.5) is 0 Å². The van der Waals surface area contributed by atoms with Gasteiger partial charge in [-0.15, -0.1) is 0 Å². The summed E-state index contributed by atoms with van der Waals surface area (Å²) in [6, 6.07) is 3.43. The molecular weight excluding hydrogens is 202 g/mol. The number of hydrogen-bond donors (Lipinski definition) is 1. The standard InChI is InChI=1S/C12H19N3O/c1-3-11(13)12(16)15(4-2)9-10-5-7-14-8-6-10/h5-8,11H,3-4,9,13H2,1-2H3. The smallest absolute Gasteiger partial charge is 0.239 e. The lowest BCUT2D eigenvalue weighted by atomic mass is 10.2. The van der Waals surface area contributed by atoms with Crippen molar-refractivity contribution < 1.29 is 4.79 Å². The minimum Gasteiger partial charge on any atom is -0.337 e. The molecule has 2 N–H and O–H groups in total. The van der Waals surface area contributed by atoms with Crippen LogP contribution in [0.1, 0.15) is 25.8 Å². The molecule has 1 rings (SSSR count). The summed E-state index contributed by atoms with van der Waals surface area (Å²) in [5.41, 5.74) is 6.82. The van der Waals surface area contributed by atoms with Gasteiger partial charge < -0.3 is 10.6 Å². The Morgan fingerprint density at radius 1 is 1.44 bits per heavy atom. The van der Waals surface area contributed by atoms with Crippen molar-refractivity contribution in [3.63, 3.8) is 0 Å². The van der Waals surface area contributed by atoms with E-state index in [-0.39, 0.29) is 11.9 Å². The van der Waals surface area contributed by atoms with Crippen molar-refractivity contribution in [1.29, 1.82) is 0 Å². The van der Waals surface area contributed by atoms with E-state index in [1.807, 2.05) is 26.0 Å². The van der Waals surface area contributed by atoms with Crippen LogP contribution in [0.25, 0.3) is 0 Å². The maximum atomic E-state index is 11.9. The van der Waals surface area contributed by atoms with Crippen molar-refractivity contribution in [3.8, 4) is 0 Å². The SMILES string of the molecule is CCC(N)C(=O)N(CC)Cc1ccncc1. The van der Waals surface area contributed by atoms with Crippen molar-refractivity contribution >= 4 is 5.91 Å². The highest BCUT2D eigenvalue weighted by Gasteiger charge is 2.17. The summed E-state index contributed by atoms with van der Waals surface area (Å²) in [5, 5.41) is 0. The number of amides is 1. The van der Waals surface area contributed by atoms with E-state index in [0.29, 0.717) is 19.5 Å². The molecule has 0 saturated heterocycles. The highest BCUT2D eigenvalue weighted by atomic mass is 16.2. The van der Waals surface area contributed by atoms with Gasteiger partial charge in [-0.1, -0.05) is 6.92 Å². The Hall–Kier alpha value is -1.42. The Balaban J connectivity index is 2.66. The van der Waals surface area contributed by atoms with Crippen molar-refractivity contribution in [2.24, 2.45) is 5.73 Å². The zero-order valence-electron chi connectivity index (χ0n) is 9.89. The molecule has 1 heterocycles. The summed E-state index contributed by atoms with van der Waals surface area (Å²) in [7, 11) is 0. The van der Waals surface area contributed by atoms with Crippen molar-refractivity contribution in [2.45, 2.75) is 32.9 Å². The van der Waals surface area contributed by atoms with E-state index in [1.165, 1.54) is 0 Å². The fraction of sp³-hybridized carbons (Fsp3) is 0.500. The van der Waals surface area contributed by atoms with Crippen LogP contribution in [0.2, 0.25) is 0 Å². The molecule has 16 heavy (non-hydrogen) atoms. The van der Waals surface area contributed by atoms with Gasteiger partial charge in [0.15, 0.2) is 0 Å². The summed E-state index contributed by atoms with van der Waals surface area (Å²) in [5.74, 6) is 0.0156. The number of aromatic nitrogens is 1. The number of nitrogens with zero attached hydrogens (tertiary/aromatic N) is 2. The van der Waals surface area contributed by atoms with E-state index in [2.05, 4.69) is 4.98 Å². The lowest BCUT2D eigenvalue weighted by Gasteiger charge is -2.23. The Morgan fingerprint density at radius 2 is 2.06 bits per heavy atom. The molecule has 1 unspecified atom stereocenters. The first-order valence-electron chi connectivity index (χ1n) is 5.62. The normalized spacial score (nSPS) is 12.2. The predicted octanol–water partition coefficient (Wildman–Crippen LogP) is 1.17. The molecule has 1 amide bonds. The molecule has 0 aliphatic carbocycles. The van der Waals surface area contributed by atoms with Gasteiger partial charge in [0.25, 0.3) is 0 Å². The second-order valence-electron chi connectivity index (χ2n) is 3.72. The first-order chi connectivity index (χ1) is 7.69. The average Bonchev–Trinajstić information content (AvgIpc) is 2.35. The first-order valence-corrected chi connectivity index (χ1v) is 5.62. The van der Waals surface area contributed by atoms with E-state index in [1.54, 1.807) is 17.3 Å². The number of hydrogen-bond acceptors (Lipinski definition) is 3. The van der Waals surface area contributed by atoms with Gasteiger partial charge in [0.1, 0.15) is 0 Å². The van der Waals surface area contributed by atoms with E-state index in [0.717, 1.165) is 5.56 Å². The van der Waals surface area contributed by atoms with Crippen LogP contribution in [0.15, 0.2) is 24.5 Å². The van der Waals surface area contributed by atoms with E-state index >= 15 is 0 Å². The summed E-state index contributed by atoms with van der Waals surface area (Å²) in [4.78, 5) is 17.6. The van der Waals surface area contributed by atoms with E-state index in [9.17, 15) is 4.79 Å². The third-order valence-corrected chi connectivity index (χ3v) is 2.57. The third-order valence-electron chi connectivity index (χ3n) is 2.57. The molecule has 0 fully saturated rings. The number of pyridine rings is 1. The number of likely N-dealkylation sites (N-methyl/N-ethyl adjacent to an activating group) is 1. The predicted molar refractivity (Wildman–Crippen MR) is 63.6 cm³/mol. The van der Waals surface area contributed by atoms with Gasteiger partial charge in [0.2, 0.25) is 5.91 Å². The van der Waals surface area contributed by atoms with Crippen molar-refractivity contribution in [2.75, 3.05) is 6.54 Å². The molecule has 0 aromatic carbocycles. The van der Waals surface area contributed by atoms with Crippen LogP contribution < -0.4 is 5.73 Å². The van der Waals surface area contributed by atoms with Gasteiger partial charge in [0.05, 0.1) is 6.04 Å². The minimum atomic E-state index is -0.387. The second kappa shape index (κ2) is 6.23. The highest BCUT2D eigenvalue weighted by molar-refractivity contribution is 5.81. The highest BCUT2D eigenvalue weighted by Crippen LogP contribution is 2.05.